The lowest BCUT2D eigenvalue weighted by Crippen LogP contribution is -2.30. The molecule has 1 unspecified atom stereocenters. The molecule has 0 aliphatic rings. The molecule has 0 saturated heterocycles. The Hall–Kier alpha value is -2.37. The highest BCUT2D eigenvalue weighted by atomic mass is 16.6. The van der Waals surface area contributed by atoms with Gasteiger partial charge >= 0.3 is 17.9 Å². The van der Waals surface area contributed by atoms with Crippen LogP contribution in [0.2, 0.25) is 0 Å². The zero-order chi connectivity index (χ0) is 44.4. The smallest absolute Gasteiger partial charge is 0.306 e. The number of esters is 3. The predicted molar refractivity (Wildman–Crippen MR) is 261 cm³/mol. The second kappa shape index (κ2) is 50.3. The van der Waals surface area contributed by atoms with Crippen LogP contribution in [0.1, 0.15) is 278 Å². The fourth-order valence-electron chi connectivity index (χ4n) is 7.54. The largest absolute Gasteiger partial charge is 0.462 e. The van der Waals surface area contributed by atoms with Gasteiger partial charge in [-0.2, -0.15) is 0 Å². The van der Waals surface area contributed by atoms with Crippen LogP contribution in [0.3, 0.4) is 0 Å². The van der Waals surface area contributed by atoms with Gasteiger partial charge in [0.05, 0.1) is 0 Å². The van der Waals surface area contributed by atoms with E-state index >= 15 is 0 Å². The molecule has 1 atom stereocenters. The minimum absolute atomic E-state index is 0.0836. The van der Waals surface area contributed by atoms with E-state index in [0.717, 1.165) is 83.5 Å². The lowest BCUT2D eigenvalue weighted by Gasteiger charge is -2.18. The van der Waals surface area contributed by atoms with Crippen molar-refractivity contribution in [2.24, 2.45) is 0 Å². The number of allylic oxidation sites excluding steroid dienone is 6. The van der Waals surface area contributed by atoms with Crippen molar-refractivity contribution in [3.05, 3.63) is 36.5 Å². The lowest BCUT2D eigenvalue weighted by atomic mass is 10.1. The van der Waals surface area contributed by atoms with E-state index in [-0.39, 0.29) is 31.1 Å². The van der Waals surface area contributed by atoms with Crippen molar-refractivity contribution < 1.29 is 28.6 Å². The third-order valence-electron chi connectivity index (χ3n) is 11.6. The van der Waals surface area contributed by atoms with Crippen LogP contribution in [0.25, 0.3) is 0 Å². The highest BCUT2D eigenvalue weighted by Crippen LogP contribution is 2.14. The molecule has 0 N–H and O–H groups in total. The van der Waals surface area contributed by atoms with Crippen LogP contribution in [0, 0.1) is 0 Å². The van der Waals surface area contributed by atoms with Gasteiger partial charge in [-0.1, -0.05) is 198 Å². The van der Waals surface area contributed by atoms with Crippen molar-refractivity contribution in [2.75, 3.05) is 13.2 Å². The Morgan fingerprint density at radius 2 is 0.541 bits per heavy atom. The summed E-state index contributed by atoms with van der Waals surface area (Å²) < 4.78 is 16.8. The molecule has 0 radical (unpaired) electrons. The number of hydrogen-bond donors (Lipinski definition) is 0. The summed E-state index contributed by atoms with van der Waals surface area (Å²) in [4.78, 5) is 37.9. The molecule has 0 spiro atoms. The fraction of sp³-hybridized carbons (Fsp3) is 0.836. The van der Waals surface area contributed by atoms with E-state index in [1.807, 2.05) is 0 Å². The molecule has 0 fully saturated rings. The van der Waals surface area contributed by atoms with Gasteiger partial charge in [0.1, 0.15) is 13.2 Å². The predicted octanol–water partition coefficient (Wildman–Crippen LogP) is 17.3. The molecule has 0 bridgehead atoms. The highest BCUT2D eigenvalue weighted by molar-refractivity contribution is 5.71. The molecule has 0 aromatic carbocycles. The van der Waals surface area contributed by atoms with Crippen molar-refractivity contribution in [3.8, 4) is 0 Å². The summed E-state index contributed by atoms with van der Waals surface area (Å²) in [6, 6.07) is 0. The summed E-state index contributed by atoms with van der Waals surface area (Å²) in [5, 5.41) is 0. The molecule has 0 rings (SSSR count). The van der Waals surface area contributed by atoms with E-state index in [1.54, 1.807) is 0 Å². The van der Waals surface area contributed by atoms with Crippen LogP contribution >= 0.6 is 0 Å². The molecular weight excluding hydrogens is 757 g/mol. The monoisotopic (exact) mass is 857 g/mol. The first-order valence-corrected chi connectivity index (χ1v) is 26.5. The van der Waals surface area contributed by atoms with Crippen LogP contribution in [0.5, 0.6) is 0 Å². The van der Waals surface area contributed by atoms with Gasteiger partial charge in [-0.15, -0.1) is 0 Å². The molecule has 6 heteroatoms. The standard InChI is InChI=1S/C55H100O6/c1-4-7-10-13-16-19-22-25-26-27-28-31-33-36-39-42-45-48-54(57)60-51-52(61-55(58)49-46-43-40-37-34-30-24-21-18-15-12-9-6-3)50-59-53(56)47-44-41-38-35-32-29-23-20-17-14-11-8-5-2/h25-26,29-30,32,34,52H,4-24,27-28,31,33,35-51H2,1-3H3/b26-25-,32-29-,34-30-. The van der Waals surface area contributed by atoms with Crippen LogP contribution in [0.4, 0.5) is 0 Å². The zero-order valence-electron chi connectivity index (χ0n) is 40.7. The molecule has 356 valence electrons. The number of carbonyl (C=O) groups excluding carboxylic acids is 3. The quantitative estimate of drug-likeness (QED) is 0.0262. The SMILES string of the molecule is CCCCCCCC/C=C\CCCCCCCCCC(=O)OCC(COC(=O)CCCCC/C=C\CCCCCCCC)OC(=O)CCCCC/C=C\CCCCCCCC. The molecule has 0 aliphatic heterocycles. The molecule has 0 amide bonds. The topological polar surface area (TPSA) is 78.9 Å². The van der Waals surface area contributed by atoms with Crippen molar-refractivity contribution in [2.45, 2.75) is 284 Å². The van der Waals surface area contributed by atoms with Crippen molar-refractivity contribution in [3.63, 3.8) is 0 Å². The van der Waals surface area contributed by atoms with E-state index < -0.39 is 6.10 Å². The van der Waals surface area contributed by atoms with Gasteiger partial charge in [0.2, 0.25) is 0 Å². The number of ether oxygens (including phenoxy) is 3. The summed E-state index contributed by atoms with van der Waals surface area (Å²) in [5.74, 6) is -0.911. The van der Waals surface area contributed by atoms with Gasteiger partial charge < -0.3 is 14.2 Å². The molecule has 0 aliphatic carbocycles. The van der Waals surface area contributed by atoms with E-state index in [4.69, 9.17) is 14.2 Å². The second-order valence-electron chi connectivity index (χ2n) is 17.8. The molecule has 6 nitrogen and oxygen atoms in total. The minimum Gasteiger partial charge on any atom is -0.462 e. The van der Waals surface area contributed by atoms with Crippen molar-refractivity contribution in [1.29, 1.82) is 0 Å². The summed E-state index contributed by atoms with van der Waals surface area (Å²) >= 11 is 0. The molecule has 61 heavy (non-hydrogen) atoms. The van der Waals surface area contributed by atoms with Crippen LogP contribution in [-0.2, 0) is 28.6 Å². The molecule has 0 aromatic rings. The number of unbranched alkanes of at least 4 members (excludes halogenated alkanes) is 31. The first-order chi connectivity index (χ1) is 30.0. The highest BCUT2D eigenvalue weighted by Gasteiger charge is 2.19. The van der Waals surface area contributed by atoms with Gasteiger partial charge in [0.15, 0.2) is 6.10 Å². The van der Waals surface area contributed by atoms with Gasteiger partial charge in [0, 0.05) is 19.3 Å². The Balaban J connectivity index is 4.38. The Kier molecular flexibility index (Phi) is 48.3. The van der Waals surface area contributed by atoms with Gasteiger partial charge in [0.25, 0.3) is 0 Å². The fourth-order valence-corrected chi connectivity index (χ4v) is 7.54. The summed E-state index contributed by atoms with van der Waals surface area (Å²) in [6.07, 6.45) is 58.4. The third-order valence-corrected chi connectivity index (χ3v) is 11.6. The first-order valence-electron chi connectivity index (χ1n) is 26.5. The summed E-state index contributed by atoms with van der Waals surface area (Å²) in [5.41, 5.74) is 0. The number of rotatable bonds is 48. The Labute approximate surface area is 378 Å². The van der Waals surface area contributed by atoms with Gasteiger partial charge in [-0.25, -0.2) is 0 Å². The van der Waals surface area contributed by atoms with E-state index in [2.05, 4.69) is 57.2 Å². The Morgan fingerprint density at radius 1 is 0.311 bits per heavy atom. The summed E-state index contributed by atoms with van der Waals surface area (Å²) in [6.45, 7) is 6.61. The van der Waals surface area contributed by atoms with Crippen molar-refractivity contribution in [1.82, 2.24) is 0 Å². The third kappa shape index (κ3) is 48.5. The zero-order valence-corrected chi connectivity index (χ0v) is 40.7. The Morgan fingerprint density at radius 3 is 0.836 bits per heavy atom. The molecule has 0 heterocycles. The normalized spacial score (nSPS) is 12.2. The average Bonchev–Trinajstić information content (AvgIpc) is 3.26. The van der Waals surface area contributed by atoms with Crippen LogP contribution in [-0.4, -0.2) is 37.2 Å². The maximum absolute atomic E-state index is 12.8. The first kappa shape index (κ1) is 58.6. The van der Waals surface area contributed by atoms with Crippen LogP contribution in [0.15, 0.2) is 36.5 Å². The Bertz CT molecular complexity index is 1030. The minimum atomic E-state index is -0.785. The van der Waals surface area contributed by atoms with Gasteiger partial charge in [-0.05, 0) is 96.3 Å². The average molecular weight is 857 g/mol. The number of hydrogen-bond acceptors (Lipinski definition) is 6. The maximum atomic E-state index is 12.8. The van der Waals surface area contributed by atoms with E-state index in [1.165, 1.54) is 154 Å². The van der Waals surface area contributed by atoms with Crippen LogP contribution < -0.4 is 0 Å². The van der Waals surface area contributed by atoms with E-state index in [9.17, 15) is 14.4 Å². The second-order valence-corrected chi connectivity index (χ2v) is 17.8. The molecule has 0 aromatic heterocycles. The molecule has 0 saturated carbocycles. The number of carbonyl (C=O) groups is 3. The lowest BCUT2D eigenvalue weighted by molar-refractivity contribution is -0.167. The van der Waals surface area contributed by atoms with E-state index in [0.29, 0.717) is 19.3 Å². The van der Waals surface area contributed by atoms with Crippen molar-refractivity contribution >= 4 is 17.9 Å². The molecular formula is C55H100O6. The summed E-state index contributed by atoms with van der Waals surface area (Å²) in [7, 11) is 0. The van der Waals surface area contributed by atoms with Gasteiger partial charge in [-0.3, -0.25) is 14.4 Å². The maximum Gasteiger partial charge on any atom is 0.306 e.